The van der Waals surface area contributed by atoms with Crippen LogP contribution in [-0.4, -0.2) is 11.8 Å². The Morgan fingerprint density at radius 3 is 2.46 bits per heavy atom. The van der Waals surface area contributed by atoms with Crippen LogP contribution in [0.2, 0.25) is 15.1 Å². The number of rotatable bonds is 6. The lowest BCUT2D eigenvalue weighted by Crippen LogP contribution is -2.12. The fourth-order valence-electron chi connectivity index (χ4n) is 2.13. The molecule has 4 nitrogen and oxygen atoms in total. The van der Waals surface area contributed by atoms with Crippen LogP contribution in [0.3, 0.4) is 0 Å². The fraction of sp³-hybridized carbons (Fsp3) is 0.158. The van der Waals surface area contributed by atoms with E-state index in [9.17, 15) is 9.59 Å². The average molecular weight is 412 g/mol. The quantitative estimate of drug-likeness (QED) is 0.569. The van der Waals surface area contributed by atoms with Gasteiger partial charge in [-0.1, -0.05) is 47.8 Å². The third kappa shape index (κ3) is 6.06. The van der Waals surface area contributed by atoms with Gasteiger partial charge in [0, 0.05) is 28.2 Å². The lowest BCUT2D eigenvalue weighted by molar-refractivity contribution is -0.116. The Hall–Kier alpha value is -2.01. The van der Waals surface area contributed by atoms with Crippen LogP contribution >= 0.6 is 34.8 Å². The van der Waals surface area contributed by atoms with E-state index in [-0.39, 0.29) is 11.8 Å². The van der Waals surface area contributed by atoms with E-state index in [2.05, 4.69) is 10.6 Å². The maximum absolute atomic E-state index is 12.1. The van der Waals surface area contributed by atoms with Crippen LogP contribution in [-0.2, 0) is 9.59 Å². The highest BCUT2D eigenvalue weighted by Gasteiger charge is 2.07. The van der Waals surface area contributed by atoms with Crippen molar-refractivity contribution in [3.05, 3.63) is 63.1 Å². The Kier molecular flexibility index (Phi) is 7.51. The molecule has 136 valence electrons. The smallest absolute Gasteiger partial charge is 0.248 e. The van der Waals surface area contributed by atoms with Gasteiger partial charge in [0.05, 0.1) is 10.7 Å². The summed E-state index contributed by atoms with van der Waals surface area (Å²) >= 11 is 18.0. The minimum Gasteiger partial charge on any atom is -0.326 e. The zero-order valence-corrected chi connectivity index (χ0v) is 16.3. The van der Waals surface area contributed by atoms with Crippen molar-refractivity contribution < 1.29 is 9.59 Å². The summed E-state index contributed by atoms with van der Waals surface area (Å²) in [7, 11) is 0. The van der Waals surface area contributed by atoms with Crippen LogP contribution < -0.4 is 10.6 Å². The standard InChI is InChI=1S/C19H17Cl3N2O2/c1-2-3-18(25)23-14-7-8-15(21)17(11-14)24-19(26)9-5-12-4-6-13(20)10-16(12)22/h4-11H,2-3H2,1H3,(H,23,25)(H,24,26)/b9-5+. The first kappa shape index (κ1) is 20.3. The molecule has 0 bridgehead atoms. The third-order valence-corrected chi connectivity index (χ3v) is 4.25. The summed E-state index contributed by atoms with van der Waals surface area (Å²) in [6.07, 6.45) is 4.10. The summed E-state index contributed by atoms with van der Waals surface area (Å²) in [5.41, 5.74) is 1.63. The van der Waals surface area contributed by atoms with E-state index < -0.39 is 0 Å². The van der Waals surface area contributed by atoms with Gasteiger partial charge in [0.15, 0.2) is 0 Å². The molecule has 0 radical (unpaired) electrons. The molecule has 2 aromatic rings. The predicted molar refractivity (Wildman–Crippen MR) is 109 cm³/mol. The number of anilines is 2. The number of nitrogens with one attached hydrogen (secondary N) is 2. The molecule has 0 aliphatic rings. The second-order valence-corrected chi connectivity index (χ2v) is 6.73. The molecule has 0 unspecified atom stereocenters. The van der Waals surface area contributed by atoms with Crippen LogP contribution in [0.25, 0.3) is 6.08 Å². The second kappa shape index (κ2) is 9.62. The van der Waals surface area contributed by atoms with Crippen molar-refractivity contribution in [3.63, 3.8) is 0 Å². The molecule has 2 N–H and O–H groups in total. The van der Waals surface area contributed by atoms with Crippen molar-refractivity contribution in [3.8, 4) is 0 Å². The van der Waals surface area contributed by atoms with Crippen LogP contribution in [0.4, 0.5) is 11.4 Å². The molecule has 0 saturated carbocycles. The molecule has 0 aliphatic carbocycles. The maximum atomic E-state index is 12.1. The van der Waals surface area contributed by atoms with Gasteiger partial charge in [0.2, 0.25) is 11.8 Å². The Bertz CT molecular complexity index is 851. The number of carbonyl (C=O) groups is 2. The number of hydrogen-bond donors (Lipinski definition) is 2. The molecule has 2 aromatic carbocycles. The second-order valence-electron chi connectivity index (χ2n) is 5.48. The minimum atomic E-state index is -0.380. The van der Waals surface area contributed by atoms with Gasteiger partial charge in [0.1, 0.15) is 0 Å². The molecule has 0 aromatic heterocycles. The largest absolute Gasteiger partial charge is 0.326 e. The molecule has 2 rings (SSSR count). The lowest BCUT2D eigenvalue weighted by Gasteiger charge is -2.09. The molecular weight excluding hydrogens is 395 g/mol. The van der Waals surface area contributed by atoms with E-state index in [1.165, 1.54) is 6.08 Å². The highest BCUT2D eigenvalue weighted by molar-refractivity contribution is 6.35. The van der Waals surface area contributed by atoms with Gasteiger partial charge < -0.3 is 10.6 Å². The summed E-state index contributed by atoms with van der Waals surface area (Å²) in [5.74, 6) is -0.473. The highest BCUT2D eigenvalue weighted by atomic mass is 35.5. The number of carbonyl (C=O) groups excluding carboxylic acids is 2. The van der Waals surface area contributed by atoms with Gasteiger partial charge in [-0.3, -0.25) is 9.59 Å². The molecule has 7 heteroatoms. The van der Waals surface area contributed by atoms with Gasteiger partial charge in [-0.25, -0.2) is 0 Å². The number of benzene rings is 2. The Morgan fingerprint density at radius 2 is 1.77 bits per heavy atom. The van der Waals surface area contributed by atoms with Crippen LogP contribution in [0, 0.1) is 0 Å². The summed E-state index contributed by atoms with van der Waals surface area (Å²) in [5, 5.41) is 6.77. The Morgan fingerprint density at radius 1 is 1.00 bits per heavy atom. The molecule has 26 heavy (non-hydrogen) atoms. The van der Waals surface area contributed by atoms with Gasteiger partial charge in [-0.15, -0.1) is 0 Å². The minimum absolute atomic E-state index is 0.0932. The molecule has 0 saturated heterocycles. The molecule has 2 amide bonds. The normalized spacial score (nSPS) is 10.8. The monoisotopic (exact) mass is 410 g/mol. The van der Waals surface area contributed by atoms with Gasteiger partial charge in [-0.05, 0) is 48.4 Å². The number of halogens is 3. The van der Waals surface area contributed by atoms with E-state index >= 15 is 0 Å². The number of hydrogen-bond acceptors (Lipinski definition) is 2. The third-order valence-electron chi connectivity index (χ3n) is 3.36. The Balaban J connectivity index is 2.08. The van der Waals surface area contributed by atoms with Gasteiger partial charge in [0.25, 0.3) is 0 Å². The first-order valence-corrected chi connectivity index (χ1v) is 9.06. The van der Waals surface area contributed by atoms with E-state index in [0.717, 1.165) is 6.42 Å². The van der Waals surface area contributed by atoms with Crippen molar-refractivity contribution in [2.24, 2.45) is 0 Å². The van der Waals surface area contributed by atoms with Crippen molar-refractivity contribution in [1.29, 1.82) is 0 Å². The summed E-state index contributed by atoms with van der Waals surface area (Å²) in [4.78, 5) is 23.8. The van der Waals surface area contributed by atoms with Crippen molar-refractivity contribution >= 4 is 64.1 Å². The van der Waals surface area contributed by atoms with E-state index in [4.69, 9.17) is 34.8 Å². The van der Waals surface area contributed by atoms with Crippen molar-refractivity contribution in [2.75, 3.05) is 10.6 Å². The zero-order chi connectivity index (χ0) is 19.1. The average Bonchev–Trinajstić information content (AvgIpc) is 2.57. The van der Waals surface area contributed by atoms with Gasteiger partial charge >= 0.3 is 0 Å². The van der Waals surface area contributed by atoms with Crippen molar-refractivity contribution in [1.82, 2.24) is 0 Å². The maximum Gasteiger partial charge on any atom is 0.248 e. The highest BCUT2D eigenvalue weighted by Crippen LogP contribution is 2.26. The Labute approximate surface area is 167 Å². The lowest BCUT2D eigenvalue weighted by atomic mass is 10.2. The van der Waals surface area contributed by atoms with E-state index in [1.54, 1.807) is 42.5 Å². The molecule has 0 heterocycles. The fourth-order valence-corrected chi connectivity index (χ4v) is 2.76. The number of amides is 2. The van der Waals surface area contributed by atoms with Crippen molar-refractivity contribution in [2.45, 2.75) is 19.8 Å². The summed E-state index contributed by atoms with van der Waals surface area (Å²) in [6.45, 7) is 1.92. The van der Waals surface area contributed by atoms with Gasteiger partial charge in [-0.2, -0.15) is 0 Å². The summed E-state index contributed by atoms with van der Waals surface area (Å²) < 4.78 is 0. The molecule has 0 fully saturated rings. The van der Waals surface area contributed by atoms with Crippen LogP contribution in [0.1, 0.15) is 25.3 Å². The van der Waals surface area contributed by atoms with Crippen LogP contribution in [0.5, 0.6) is 0 Å². The predicted octanol–water partition coefficient (Wildman–Crippen LogP) is 6.04. The molecule has 0 aliphatic heterocycles. The molecule has 0 atom stereocenters. The SMILES string of the molecule is CCCC(=O)Nc1ccc(Cl)c(NC(=O)/C=C/c2ccc(Cl)cc2Cl)c1. The molecule has 0 spiro atoms. The zero-order valence-electron chi connectivity index (χ0n) is 14.0. The van der Waals surface area contributed by atoms with E-state index in [1.807, 2.05) is 6.92 Å². The topological polar surface area (TPSA) is 58.2 Å². The summed E-state index contributed by atoms with van der Waals surface area (Å²) in [6, 6.07) is 9.89. The first-order valence-electron chi connectivity index (χ1n) is 7.92. The van der Waals surface area contributed by atoms with E-state index in [0.29, 0.717) is 38.4 Å². The first-order chi connectivity index (χ1) is 12.4. The van der Waals surface area contributed by atoms with Crippen LogP contribution in [0.15, 0.2) is 42.5 Å². The molecular formula is C19H17Cl3N2O2.